The largest absolute Gasteiger partial charge is 0.478 e. The van der Waals surface area contributed by atoms with Gasteiger partial charge in [0.05, 0.1) is 16.8 Å². The zero-order valence-electron chi connectivity index (χ0n) is 14.1. The molecule has 0 saturated heterocycles. The molecule has 7 nitrogen and oxygen atoms in total. The molecule has 3 aromatic rings. The Bertz CT molecular complexity index is 1070. The Morgan fingerprint density at radius 2 is 1.66 bits per heavy atom. The van der Waals surface area contributed by atoms with Crippen molar-refractivity contribution >= 4 is 46.7 Å². The van der Waals surface area contributed by atoms with Crippen LogP contribution >= 0.6 is 34.8 Å². The van der Waals surface area contributed by atoms with E-state index in [1.54, 1.807) is 6.07 Å². The number of carboxylic acids is 2. The number of ether oxygens (including phenoxy) is 1. The maximum Gasteiger partial charge on any atom is 0.341 e. The molecule has 0 spiro atoms. The van der Waals surface area contributed by atoms with Crippen LogP contribution in [0.2, 0.25) is 15.2 Å². The van der Waals surface area contributed by atoms with Crippen molar-refractivity contribution < 1.29 is 28.9 Å². The van der Waals surface area contributed by atoms with Gasteiger partial charge in [0.25, 0.3) is 0 Å². The molecule has 150 valence electrons. The fourth-order valence-corrected chi connectivity index (χ4v) is 2.38. The van der Waals surface area contributed by atoms with Crippen LogP contribution in [-0.4, -0.2) is 32.1 Å². The smallest absolute Gasteiger partial charge is 0.341 e. The molecule has 0 aliphatic heterocycles. The highest BCUT2D eigenvalue weighted by Gasteiger charge is 2.16. The number of halogens is 4. The van der Waals surface area contributed by atoms with Crippen LogP contribution in [0.3, 0.4) is 0 Å². The van der Waals surface area contributed by atoms with Crippen LogP contribution in [-0.2, 0) is 0 Å². The van der Waals surface area contributed by atoms with E-state index in [2.05, 4.69) is 9.97 Å². The molecule has 11 heteroatoms. The van der Waals surface area contributed by atoms with E-state index in [0.717, 1.165) is 12.3 Å². The van der Waals surface area contributed by atoms with E-state index in [9.17, 15) is 14.0 Å². The number of hydrogen-bond donors (Lipinski definition) is 2. The van der Waals surface area contributed by atoms with Gasteiger partial charge in [-0.3, -0.25) is 0 Å². The molecule has 0 aliphatic rings. The standard InChI is InChI=1S/C12H6Cl2FNO3.C6H4ClNO2/c13-6-1-2-9(14)10(3-6)19-11-8(12(17)18)4-7(15)5-16-11;7-5-4(6(9)10)2-1-3-8-5/h1-5H,(H,17,18);1-3H,(H,9,10). The summed E-state index contributed by atoms with van der Waals surface area (Å²) in [5.74, 6) is -3.32. The molecule has 29 heavy (non-hydrogen) atoms. The normalized spacial score (nSPS) is 9.93. The first-order chi connectivity index (χ1) is 13.7. The highest BCUT2D eigenvalue weighted by atomic mass is 35.5. The summed E-state index contributed by atoms with van der Waals surface area (Å²) in [4.78, 5) is 28.4. The zero-order chi connectivity index (χ0) is 21.6. The fraction of sp³-hybridized carbons (Fsp3) is 0. The first-order valence-electron chi connectivity index (χ1n) is 7.54. The van der Waals surface area contributed by atoms with E-state index in [0.29, 0.717) is 5.02 Å². The molecule has 2 heterocycles. The number of carboxylic acid groups (broad SMARTS) is 2. The van der Waals surface area contributed by atoms with E-state index in [1.165, 1.54) is 30.5 Å². The predicted molar refractivity (Wildman–Crippen MR) is 104 cm³/mol. The van der Waals surface area contributed by atoms with Crippen LogP contribution in [0.4, 0.5) is 4.39 Å². The van der Waals surface area contributed by atoms with Crippen molar-refractivity contribution in [2.24, 2.45) is 0 Å². The number of aromatic nitrogens is 2. The average molecular weight is 460 g/mol. The van der Waals surface area contributed by atoms with E-state index < -0.39 is 23.3 Å². The van der Waals surface area contributed by atoms with Gasteiger partial charge in [0.1, 0.15) is 22.3 Å². The van der Waals surface area contributed by atoms with Crippen molar-refractivity contribution in [2.45, 2.75) is 0 Å². The topological polar surface area (TPSA) is 110 Å². The first-order valence-corrected chi connectivity index (χ1v) is 8.68. The van der Waals surface area contributed by atoms with E-state index >= 15 is 0 Å². The minimum Gasteiger partial charge on any atom is -0.478 e. The molecule has 2 N–H and O–H groups in total. The van der Waals surface area contributed by atoms with Gasteiger partial charge in [-0.2, -0.15) is 0 Å². The summed E-state index contributed by atoms with van der Waals surface area (Å²) >= 11 is 17.1. The number of hydrogen-bond acceptors (Lipinski definition) is 5. The first kappa shape index (κ1) is 22.4. The molecule has 0 saturated carbocycles. The van der Waals surface area contributed by atoms with Gasteiger partial charge in [-0.15, -0.1) is 0 Å². The lowest BCUT2D eigenvalue weighted by molar-refractivity contribution is 0.0683. The molecule has 3 rings (SSSR count). The quantitative estimate of drug-likeness (QED) is 0.499. The highest BCUT2D eigenvalue weighted by Crippen LogP contribution is 2.32. The number of carbonyl (C=O) groups is 2. The molecule has 1 aromatic carbocycles. The Kier molecular flexibility index (Phi) is 7.72. The Hall–Kier alpha value is -2.94. The van der Waals surface area contributed by atoms with Gasteiger partial charge in [-0.05, 0) is 30.3 Å². The number of nitrogens with zero attached hydrogens (tertiary/aromatic N) is 2. The SMILES string of the molecule is O=C(O)c1cc(F)cnc1Oc1cc(Cl)ccc1Cl.O=C(O)c1cccnc1Cl. The monoisotopic (exact) mass is 458 g/mol. The second-order valence-electron chi connectivity index (χ2n) is 5.14. The maximum absolute atomic E-state index is 13.0. The minimum atomic E-state index is -1.36. The minimum absolute atomic E-state index is 0.0231. The Morgan fingerprint density at radius 3 is 2.24 bits per heavy atom. The molecule has 0 fully saturated rings. The van der Waals surface area contributed by atoms with Crippen LogP contribution in [0, 0.1) is 5.82 Å². The summed E-state index contributed by atoms with van der Waals surface area (Å²) in [6.45, 7) is 0. The summed E-state index contributed by atoms with van der Waals surface area (Å²) < 4.78 is 18.2. The van der Waals surface area contributed by atoms with Crippen molar-refractivity contribution in [3.8, 4) is 11.6 Å². The molecule has 2 aromatic heterocycles. The van der Waals surface area contributed by atoms with Crippen LogP contribution in [0.15, 0.2) is 48.8 Å². The highest BCUT2D eigenvalue weighted by molar-refractivity contribution is 6.34. The Morgan fingerprint density at radius 1 is 0.966 bits per heavy atom. The van der Waals surface area contributed by atoms with Crippen LogP contribution in [0.1, 0.15) is 20.7 Å². The van der Waals surface area contributed by atoms with Crippen LogP contribution < -0.4 is 4.74 Å². The van der Waals surface area contributed by atoms with Gasteiger partial charge >= 0.3 is 11.9 Å². The Labute approximate surface area is 178 Å². The molecule has 0 radical (unpaired) electrons. The van der Waals surface area contributed by atoms with Crippen molar-refractivity contribution in [3.05, 3.63) is 80.9 Å². The summed E-state index contributed by atoms with van der Waals surface area (Å²) in [5, 5.41) is 18.0. The lowest BCUT2D eigenvalue weighted by Gasteiger charge is -2.09. The molecule has 0 bridgehead atoms. The number of rotatable bonds is 4. The summed E-state index contributed by atoms with van der Waals surface area (Å²) in [7, 11) is 0. The second kappa shape index (κ2) is 10.0. The Balaban J connectivity index is 0.000000253. The lowest BCUT2D eigenvalue weighted by atomic mass is 10.2. The summed E-state index contributed by atoms with van der Waals surface area (Å²) in [6, 6.07) is 8.17. The third-order valence-electron chi connectivity index (χ3n) is 3.14. The van der Waals surface area contributed by atoms with E-state index in [4.69, 9.17) is 49.8 Å². The lowest BCUT2D eigenvalue weighted by Crippen LogP contribution is -2.03. The number of benzene rings is 1. The van der Waals surface area contributed by atoms with Gasteiger partial charge in [-0.25, -0.2) is 23.9 Å². The van der Waals surface area contributed by atoms with Crippen LogP contribution in [0.25, 0.3) is 0 Å². The van der Waals surface area contributed by atoms with Crippen LogP contribution in [0.5, 0.6) is 11.6 Å². The van der Waals surface area contributed by atoms with Gasteiger partial charge in [0, 0.05) is 17.3 Å². The number of aromatic carboxylic acids is 2. The van der Waals surface area contributed by atoms with E-state index in [-0.39, 0.29) is 27.4 Å². The average Bonchev–Trinajstić information content (AvgIpc) is 2.66. The molecule has 0 amide bonds. The third-order valence-corrected chi connectivity index (χ3v) is 3.99. The summed E-state index contributed by atoms with van der Waals surface area (Å²) in [5.41, 5.74) is -0.375. The summed E-state index contributed by atoms with van der Waals surface area (Å²) in [6.07, 6.45) is 2.29. The number of pyridine rings is 2. The van der Waals surface area contributed by atoms with E-state index in [1.807, 2.05) is 0 Å². The molecule has 0 aliphatic carbocycles. The predicted octanol–water partition coefficient (Wildman–Crippen LogP) is 5.45. The van der Waals surface area contributed by atoms with Gasteiger partial charge < -0.3 is 14.9 Å². The second-order valence-corrected chi connectivity index (χ2v) is 6.34. The van der Waals surface area contributed by atoms with Crippen molar-refractivity contribution in [1.29, 1.82) is 0 Å². The molecule has 0 atom stereocenters. The molecular formula is C18H10Cl3FN2O5. The fourth-order valence-electron chi connectivity index (χ4n) is 1.87. The molecule has 0 unspecified atom stereocenters. The van der Waals surface area contributed by atoms with Crippen molar-refractivity contribution in [1.82, 2.24) is 9.97 Å². The zero-order valence-corrected chi connectivity index (χ0v) is 16.4. The third kappa shape index (κ3) is 6.28. The van der Waals surface area contributed by atoms with Gasteiger partial charge in [0.2, 0.25) is 5.88 Å². The maximum atomic E-state index is 13.0. The van der Waals surface area contributed by atoms with Crippen molar-refractivity contribution in [2.75, 3.05) is 0 Å². The van der Waals surface area contributed by atoms with Gasteiger partial charge in [0.15, 0.2) is 0 Å². The molecular weight excluding hydrogens is 450 g/mol. The van der Waals surface area contributed by atoms with Gasteiger partial charge in [-0.1, -0.05) is 34.8 Å². The van der Waals surface area contributed by atoms with Crippen molar-refractivity contribution in [3.63, 3.8) is 0 Å².